The van der Waals surface area contributed by atoms with Crippen LogP contribution in [0.25, 0.3) is 22.2 Å². The standard InChI is InChI=1S/C18H21N3O/c1-22-14-5-6-17-16(12-14)15(4-2-3-9-19)18(21-17)13-7-10-20-11-8-13/h5-8,10-12,21H,2-4,9,19H2,1H3. The van der Waals surface area contributed by atoms with Crippen molar-refractivity contribution in [2.24, 2.45) is 5.73 Å². The van der Waals surface area contributed by atoms with Crippen LogP contribution < -0.4 is 10.5 Å². The van der Waals surface area contributed by atoms with Gasteiger partial charge in [-0.15, -0.1) is 0 Å². The van der Waals surface area contributed by atoms with E-state index in [9.17, 15) is 0 Å². The van der Waals surface area contributed by atoms with E-state index in [0.29, 0.717) is 0 Å². The minimum absolute atomic E-state index is 0.732. The second-order valence-corrected chi connectivity index (χ2v) is 5.37. The van der Waals surface area contributed by atoms with Crippen molar-refractivity contribution in [2.45, 2.75) is 19.3 Å². The molecule has 2 heterocycles. The topological polar surface area (TPSA) is 63.9 Å². The van der Waals surface area contributed by atoms with Gasteiger partial charge in [-0.05, 0) is 61.7 Å². The number of rotatable bonds is 6. The van der Waals surface area contributed by atoms with Gasteiger partial charge in [0.25, 0.3) is 0 Å². The maximum absolute atomic E-state index is 5.64. The van der Waals surface area contributed by atoms with E-state index in [1.165, 1.54) is 16.6 Å². The van der Waals surface area contributed by atoms with Gasteiger partial charge in [0.1, 0.15) is 5.75 Å². The summed E-state index contributed by atoms with van der Waals surface area (Å²) in [6, 6.07) is 10.2. The van der Waals surface area contributed by atoms with Gasteiger partial charge in [-0.1, -0.05) is 0 Å². The third-order valence-electron chi connectivity index (χ3n) is 3.96. The molecular formula is C18H21N3O. The van der Waals surface area contributed by atoms with Crippen LogP contribution in [0.2, 0.25) is 0 Å². The molecule has 0 radical (unpaired) electrons. The van der Waals surface area contributed by atoms with Gasteiger partial charge in [0.15, 0.2) is 0 Å². The van der Waals surface area contributed by atoms with Gasteiger partial charge in [-0.3, -0.25) is 4.98 Å². The van der Waals surface area contributed by atoms with Gasteiger partial charge >= 0.3 is 0 Å². The Morgan fingerprint density at radius 1 is 1.14 bits per heavy atom. The van der Waals surface area contributed by atoms with E-state index in [1.807, 2.05) is 30.6 Å². The number of hydrogen-bond acceptors (Lipinski definition) is 3. The lowest BCUT2D eigenvalue weighted by atomic mass is 10.0. The van der Waals surface area contributed by atoms with Crippen LogP contribution in [-0.4, -0.2) is 23.6 Å². The zero-order chi connectivity index (χ0) is 15.4. The van der Waals surface area contributed by atoms with Crippen LogP contribution in [0.1, 0.15) is 18.4 Å². The van der Waals surface area contributed by atoms with E-state index in [-0.39, 0.29) is 0 Å². The number of pyridine rings is 1. The number of nitrogens with one attached hydrogen (secondary N) is 1. The Balaban J connectivity index is 2.11. The number of aromatic amines is 1. The van der Waals surface area contributed by atoms with E-state index in [2.05, 4.69) is 22.1 Å². The average molecular weight is 295 g/mol. The lowest BCUT2D eigenvalue weighted by Gasteiger charge is -2.05. The van der Waals surface area contributed by atoms with Gasteiger partial charge in [0.2, 0.25) is 0 Å². The summed E-state index contributed by atoms with van der Waals surface area (Å²) in [6.45, 7) is 0.732. The summed E-state index contributed by atoms with van der Waals surface area (Å²) in [5.74, 6) is 0.882. The monoisotopic (exact) mass is 295 g/mol. The molecule has 0 saturated carbocycles. The summed E-state index contributed by atoms with van der Waals surface area (Å²) in [7, 11) is 1.70. The maximum atomic E-state index is 5.64. The zero-order valence-corrected chi connectivity index (χ0v) is 12.8. The minimum atomic E-state index is 0.732. The summed E-state index contributed by atoms with van der Waals surface area (Å²) in [4.78, 5) is 7.65. The average Bonchev–Trinajstić information content (AvgIpc) is 2.94. The molecule has 0 bridgehead atoms. The van der Waals surface area contributed by atoms with E-state index in [4.69, 9.17) is 10.5 Å². The largest absolute Gasteiger partial charge is 0.497 e. The number of ether oxygens (including phenoxy) is 1. The number of hydrogen-bond donors (Lipinski definition) is 2. The lowest BCUT2D eigenvalue weighted by Crippen LogP contribution is -1.99. The van der Waals surface area contributed by atoms with Crippen molar-refractivity contribution >= 4 is 10.9 Å². The first-order valence-corrected chi connectivity index (χ1v) is 7.62. The molecule has 0 saturated heterocycles. The van der Waals surface area contributed by atoms with Crippen molar-refractivity contribution < 1.29 is 4.74 Å². The summed E-state index contributed by atoms with van der Waals surface area (Å²) in [6.07, 6.45) is 6.77. The van der Waals surface area contributed by atoms with Gasteiger partial charge in [-0.25, -0.2) is 0 Å². The Hall–Kier alpha value is -2.33. The molecule has 3 aromatic rings. The van der Waals surface area contributed by atoms with Crippen molar-refractivity contribution in [1.82, 2.24) is 9.97 Å². The molecule has 0 amide bonds. The van der Waals surface area contributed by atoms with E-state index < -0.39 is 0 Å². The molecular weight excluding hydrogens is 274 g/mol. The van der Waals surface area contributed by atoms with Gasteiger partial charge in [0.05, 0.1) is 7.11 Å². The Bertz CT molecular complexity index is 750. The fourth-order valence-corrected chi connectivity index (χ4v) is 2.82. The normalized spacial score (nSPS) is 11.0. The van der Waals surface area contributed by atoms with Gasteiger partial charge < -0.3 is 15.5 Å². The number of fused-ring (bicyclic) bond motifs is 1. The molecule has 0 aliphatic carbocycles. The van der Waals surface area contributed by atoms with Crippen molar-refractivity contribution in [3.8, 4) is 17.0 Å². The van der Waals surface area contributed by atoms with Crippen LogP contribution in [-0.2, 0) is 6.42 Å². The minimum Gasteiger partial charge on any atom is -0.497 e. The highest BCUT2D eigenvalue weighted by molar-refractivity contribution is 5.91. The Labute approximate surface area is 130 Å². The molecule has 4 nitrogen and oxygen atoms in total. The van der Waals surface area contributed by atoms with Crippen LogP contribution in [0.5, 0.6) is 5.75 Å². The molecule has 1 aromatic carbocycles. The lowest BCUT2D eigenvalue weighted by molar-refractivity contribution is 0.415. The molecule has 0 atom stereocenters. The highest BCUT2D eigenvalue weighted by Gasteiger charge is 2.13. The fraction of sp³-hybridized carbons (Fsp3) is 0.278. The molecule has 0 spiro atoms. The number of nitrogens with two attached hydrogens (primary N) is 1. The van der Waals surface area contributed by atoms with E-state index in [1.54, 1.807) is 7.11 Å². The first kappa shape index (κ1) is 14.6. The summed E-state index contributed by atoms with van der Waals surface area (Å²) in [5.41, 5.74) is 10.4. The highest BCUT2D eigenvalue weighted by atomic mass is 16.5. The van der Waals surface area contributed by atoms with Crippen molar-refractivity contribution in [2.75, 3.05) is 13.7 Å². The predicted molar refractivity (Wildman–Crippen MR) is 90.1 cm³/mol. The molecule has 3 rings (SSSR count). The number of H-pyrrole nitrogens is 1. The maximum Gasteiger partial charge on any atom is 0.119 e. The number of unbranched alkanes of at least 4 members (excludes halogenated alkanes) is 1. The number of aryl methyl sites for hydroxylation is 1. The Kier molecular flexibility index (Phi) is 4.39. The summed E-state index contributed by atoms with van der Waals surface area (Å²) >= 11 is 0. The van der Waals surface area contributed by atoms with E-state index >= 15 is 0 Å². The molecule has 0 fully saturated rings. The molecule has 0 unspecified atom stereocenters. The van der Waals surface area contributed by atoms with Crippen molar-refractivity contribution in [3.05, 3.63) is 48.3 Å². The molecule has 0 aliphatic heterocycles. The third-order valence-corrected chi connectivity index (χ3v) is 3.96. The van der Waals surface area contributed by atoms with Crippen molar-refractivity contribution in [1.29, 1.82) is 0 Å². The zero-order valence-electron chi connectivity index (χ0n) is 12.8. The second-order valence-electron chi connectivity index (χ2n) is 5.37. The van der Waals surface area contributed by atoms with Crippen LogP contribution in [0.4, 0.5) is 0 Å². The second kappa shape index (κ2) is 6.62. The molecule has 0 aliphatic rings. The highest BCUT2D eigenvalue weighted by Crippen LogP contribution is 2.33. The van der Waals surface area contributed by atoms with Crippen LogP contribution in [0.15, 0.2) is 42.7 Å². The van der Waals surface area contributed by atoms with Crippen LogP contribution in [0, 0.1) is 0 Å². The van der Waals surface area contributed by atoms with Gasteiger partial charge in [-0.2, -0.15) is 0 Å². The van der Waals surface area contributed by atoms with Crippen LogP contribution in [0.3, 0.4) is 0 Å². The van der Waals surface area contributed by atoms with Crippen LogP contribution >= 0.6 is 0 Å². The molecule has 3 N–H and O–H groups in total. The third kappa shape index (κ3) is 2.83. The summed E-state index contributed by atoms with van der Waals surface area (Å²) in [5, 5.41) is 1.23. The molecule has 114 valence electrons. The number of aromatic nitrogens is 2. The number of nitrogens with zero attached hydrogens (tertiary/aromatic N) is 1. The molecule has 22 heavy (non-hydrogen) atoms. The molecule has 2 aromatic heterocycles. The fourth-order valence-electron chi connectivity index (χ4n) is 2.82. The quantitative estimate of drug-likeness (QED) is 0.684. The molecule has 4 heteroatoms. The summed E-state index contributed by atoms with van der Waals surface area (Å²) < 4.78 is 5.37. The van der Waals surface area contributed by atoms with Gasteiger partial charge in [0, 0.05) is 34.6 Å². The van der Waals surface area contributed by atoms with Crippen molar-refractivity contribution in [3.63, 3.8) is 0 Å². The first-order valence-electron chi connectivity index (χ1n) is 7.62. The first-order chi connectivity index (χ1) is 10.8. The predicted octanol–water partition coefficient (Wildman–Crippen LogP) is 3.52. The smallest absolute Gasteiger partial charge is 0.119 e. The number of benzene rings is 1. The number of methoxy groups -OCH3 is 1. The van der Waals surface area contributed by atoms with E-state index in [0.717, 1.165) is 42.6 Å². The Morgan fingerprint density at radius 2 is 1.95 bits per heavy atom. The Morgan fingerprint density at radius 3 is 2.68 bits per heavy atom. The SMILES string of the molecule is COc1ccc2[nH]c(-c3ccncc3)c(CCCCN)c2c1.